The van der Waals surface area contributed by atoms with Crippen molar-refractivity contribution >= 4 is 29.9 Å². The summed E-state index contributed by atoms with van der Waals surface area (Å²) >= 11 is 0. The Labute approximate surface area is 119 Å². The van der Waals surface area contributed by atoms with E-state index in [1.54, 1.807) is 0 Å². The van der Waals surface area contributed by atoms with Crippen LogP contribution in [-0.2, 0) is 4.74 Å². The van der Waals surface area contributed by atoms with E-state index < -0.39 is 0 Å². The Hall–Kier alpha value is -0.550. The van der Waals surface area contributed by atoms with E-state index >= 15 is 0 Å². The van der Waals surface area contributed by atoms with Crippen LogP contribution in [0, 0.1) is 16.7 Å². The quantitative estimate of drug-likeness (QED) is 0.467. The molecule has 2 N–H and O–H groups in total. The highest BCUT2D eigenvalue weighted by Gasteiger charge is 2.42. The molecule has 0 radical (unpaired) electrons. The molecule has 0 aromatic heterocycles. The third-order valence-electron chi connectivity index (χ3n) is 3.32. The zero-order valence-electron chi connectivity index (χ0n) is 9.89. The van der Waals surface area contributed by atoms with Gasteiger partial charge in [-0.2, -0.15) is 5.26 Å². The van der Waals surface area contributed by atoms with Crippen LogP contribution in [0.25, 0.3) is 0 Å². The van der Waals surface area contributed by atoms with Crippen LogP contribution in [0.3, 0.4) is 0 Å². The van der Waals surface area contributed by atoms with E-state index in [2.05, 4.69) is 11.1 Å². The van der Waals surface area contributed by atoms with Crippen LogP contribution >= 0.6 is 24.0 Å². The van der Waals surface area contributed by atoms with E-state index in [9.17, 15) is 0 Å². The molecule has 1 aliphatic carbocycles. The molecule has 0 aromatic carbocycles. The van der Waals surface area contributed by atoms with Gasteiger partial charge in [0.15, 0.2) is 5.96 Å². The molecule has 0 bridgehead atoms. The number of aliphatic imine (C=N–C) groups is 1. The predicted octanol–water partition coefficient (Wildman–Crippen LogP) is 0.945. The van der Waals surface area contributed by atoms with Crippen LogP contribution in [-0.4, -0.2) is 43.7 Å². The number of nitrogens with zero attached hydrogens (tertiary/aromatic N) is 3. The normalized spacial score (nSPS) is 22.5. The molecule has 1 saturated carbocycles. The lowest BCUT2D eigenvalue weighted by Crippen LogP contribution is -2.45. The van der Waals surface area contributed by atoms with Gasteiger partial charge in [0.25, 0.3) is 0 Å². The summed E-state index contributed by atoms with van der Waals surface area (Å²) < 4.78 is 5.25. The lowest BCUT2D eigenvalue weighted by Gasteiger charge is -2.27. The van der Waals surface area contributed by atoms with E-state index in [-0.39, 0.29) is 29.4 Å². The van der Waals surface area contributed by atoms with Gasteiger partial charge in [0.1, 0.15) is 0 Å². The van der Waals surface area contributed by atoms with Gasteiger partial charge >= 0.3 is 0 Å². The van der Waals surface area contributed by atoms with Gasteiger partial charge in [-0.3, -0.25) is 4.99 Å². The molecule has 5 nitrogen and oxygen atoms in total. The Bertz CT molecular complexity index is 316. The molecule has 0 atom stereocenters. The number of hydrogen-bond acceptors (Lipinski definition) is 3. The summed E-state index contributed by atoms with van der Waals surface area (Å²) in [6.45, 7) is 3.78. The fraction of sp³-hybridized carbons (Fsp3) is 0.818. The summed E-state index contributed by atoms with van der Waals surface area (Å²) in [4.78, 5) is 6.46. The van der Waals surface area contributed by atoms with Crippen LogP contribution in [0.2, 0.25) is 0 Å². The van der Waals surface area contributed by atoms with Gasteiger partial charge in [-0.05, 0) is 12.8 Å². The molecular formula is C11H19IN4O. The Balaban J connectivity index is 0.00000144. The van der Waals surface area contributed by atoms with Crippen molar-refractivity contribution < 1.29 is 4.74 Å². The monoisotopic (exact) mass is 350 g/mol. The zero-order chi connectivity index (χ0) is 11.4. The Morgan fingerprint density at radius 2 is 2.06 bits per heavy atom. The molecule has 1 aliphatic heterocycles. The van der Waals surface area contributed by atoms with E-state index in [1.807, 2.05) is 4.90 Å². The number of guanidine groups is 1. The minimum Gasteiger partial charge on any atom is -0.378 e. The first-order valence-corrected chi connectivity index (χ1v) is 5.75. The average molecular weight is 350 g/mol. The molecule has 0 unspecified atom stereocenters. The standard InChI is InChI=1S/C11H18N4O.HI/c12-4-3-11(1-2-11)9-14-10(13)15-5-7-16-8-6-15;/h1-3,5-9H2,(H2,13,14);1H. The third kappa shape index (κ3) is 4.00. The number of hydrogen-bond donors (Lipinski definition) is 1. The number of rotatable bonds is 3. The second kappa shape index (κ2) is 6.40. The first-order valence-electron chi connectivity index (χ1n) is 5.75. The molecule has 6 heteroatoms. The summed E-state index contributed by atoms with van der Waals surface area (Å²) in [5.74, 6) is 0.604. The van der Waals surface area contributed by atoms with E-state index in [0.717, 1.165) is 39.1 Å². The largest absolute Gasteiger partial charge is 0.378 e. The van der Waals surface area contributed by atoms with E-state index in [0.29, 0.717) is 18.9 Å². The summed E-state index contributed by atoms with van der Waals surface area (Å²) in [7, 11) is 0. The minimum atomic E-state index is 0. The van der Waals surface area contributed by atoms with E-state index in [4.69, 9.17) is 15.7 Å². The first kappa shape index (κ1) is 14.5. The summed E-state index contributed by atoms with van der Waals surface area (Å²) in [5, 5.41) is 8.70. The number of morpholine rings is 1. The van der Waals surface area contributed by atoms with Crippen LogP contribution < -0.4 is 5.73 Å². The molecule has 2 fully saturated rings. The van der Waals surface area contributed by atoms with Crippen molar-refractivity contribution in [1.29, 1.82) is 5.26 Å². The molecule has 17 heavy (non-hydrogen) atoms. The smallest absolute Gasteiger partial charge is 0.191 e. The maximum absolute atomic E-state index is 8.70. The maximum Gasteiger partial charge on any atom is 0.191 e. The second-order valence-electron chi connectivity index (χ2n) is 4.61. The Kier molecular flexibility index (Phi) is 5.46. The van der Waals surface area contributed by atoms with Gasteiger partial charge in [0.2, 0.25) is 0 Å². The average Bonchev–Trinajstić information content (AvgIpc) is 3.08. The molecule has 0 amide bonds. The summed E-state index contributed by atoms with van der Waals surface area (Å²) in [6, 6.07) is 2.23. The number of nitriles is 1. The van der Waals surface area contributed by atoms with Crippen molar-refractivity contribution in [3.8, 4) is 6.07 Å². The van der Waals surface area contributed by atoms with E-state index in [1.165, 1.54) is 0 Å². The van der Waals surface area contributed by atoms with Crippen molar-refractivity contribution in [3.63, 3.8) is 0 Å². The number of nitrogens with two attached hydrogens (primary N) is 1. The molecule has 0 spiro atoms. The van der Waals surface area contributed by atoms with Crippen molar-refractivity contribution in [2.75, 3.05) is 32.8 Å². The second-order valence-corrected chi connectivity index (χ2v) is 4.61. The molecule has 96 valence electrons. The highest BCUT2D eigenvalue weighted by atomic mass is 127. The van der Waals surface area contributed by atoms with Gasteiger partial charge in [0, 0.05) is 31.5 Å². The maximum atomic E-state index is 8.70. The van der Waals surface area contributed by atoms with Gasteiger partial charge in [-0.15, -0.1) is 24.0 Å². The van der Waals surface area contributed by atoms with Crippen LogP contribution in [0.15, 0.2) is 4.99 Å². The van der Waals surface area contributed by atoms with Crippen molar-refractivity contribution in [2.45, 2.75) is 19.3 Å². The highest BCUT2D eigenvalue weighted by molar-refractivity contribution is 14.0. The van der Waals surface area contributed by atoms with Crippen molar-refractivity contribution in [3.05, 3.63) is 0 Å². The first-order chi connectivity index (χ1) is 7.76. The lowest BCUT2D eigenvalue weighted by atomic mass is 10.0. The lowest BCUT2D eigenvalue weighted by molar-refractivity contribution is 0.0674. The number of halogens is 1. The minimum absolute atomic E-state index is 0. The molecule has 2 rings (SSSR count). The van der Waals surface area contributed by atoms with Crippen molar-refractivity contribution in [1.82, 2.24) is 4.90 Å². The highest BCUT2D eigenvalue weighted by Crippen LogP contribution is 2.48. The topological polar surface area (TPSA) is 74.6 Å². The fourth-order valence-corrected chi connectivity index (χ4v) is 1.88. The molecule has 0 aromatic rings. The van der Waals surface area contributed by atoms with Crippen LogP contribution in [0.1, 0.15) is 19.3 Å². The Morgan fingerprint density at radius 1 is 1.41 bits per heavy atom. The molecule has 1 saturated heterocycles. The van der Waals surface area contributed by atoms with Gasteiger partial charge < -0.3 is 15.4 Å². The third-order valence-corrected chi connectivity index (χ3v) is 3.32. The van der Waals surface area contributed by atoms with Gasteiger partial charge in [-0.25, -0.2) is 0 Å². The summed E-state index contributed by atoms with van der Waals surface area (Å²) in [6.07, 6.45) is 2.83. The van der Waals surface area contributed by atoms with Crippen molar-refractivity contribution in [2.24, 2.45) is 16.1 Å². The SMILES string of the molecule is I.N#CCC1(CN=C(N)N2CCOCC2)CC1. The fourth-order valence-electron chi connectivity index (χ4n) is 1.88. The van der Waals surface area contributed by atoms with Crippen LogP contribution in [0.5, 0.6) is 0 Å². The predicted molar refractivity (Wildman–Crippen MR) is 76.2 cm³/mol. The molecule has 1 heterocycles. The zero-order valence-corrected chi connectivity index (χ0v) is 12.2. The summed E-state index contributed by atoms with van der Waals surface area (Å²) in [5.41, 5.74) is 6.06. The molecular weight excluding hydrogens is 331 g/mol. The number of ether oxygens (including phenoxy) is 1. The Morgan fingerprint density at radius 3 is 2.59 bits per heavy atom. The van der Waals surface area contributed by atoms with Gasteiger partial charge in [0.05, 0.1) is 19.3 Å². The molecule has 2 aliphatic rings. The van der Waals surface area contributed by atoms with Gasteiger partial charge in [-0.1, -0.05) is 0 Å². The van der Waals surface area contributed by atoms with Crippen LogP contribution in [0.4, 0.5) is 0 Å².